The fourth-order valence-electron chi connectivity index (χ4n) is 2.21. The summed E-state index contributed by atoms with van der Waals surface area (Å²) >= 11 is 1.63. The van der Waals surface area contributed by atoms with Crippen LogP contribution < -0.4 is 0 Å². The summed E-state index contributed by atoms with van der Waals surface area (Å²) in [5.41, 5.74) is 0. The van der Waals surface area contributed by atoms with Crippen LogP contribution in [-0.2, 0) is 0 Å². The second-order valence-corrected chi connectivity index (χ2v) is 5.68. The quantitative estimate of drug-likeness (QED) is 0.678. The molecule has 1 aliphatic carbocycles. The van der Waals surface area contributed by atoms with Crippen LogP contribution in [0.1, 0.15) is 40.7 Å². The zero-order valence-electron chi connectivity index (χ0n) is 8.75. The first-order valence-corrected chi connectivity index (χ1v) is 6.09. The number of aryl methyl sites for hydroxylation is 1. The molecule has 0 N–H and O–H groups in total. The van der Waals surface area contributed by atoms with Gasteiger partial charge in [-0.05, 0) is 44.2 Å². The molecule has 14 heavy (non-hydrogen) atoms. The monoisotopic (exact) mass is 208 g/mol. The Hall–Kier alpha value is -0.630. The molecule has 0 saturated heterocycles. The molecule has 1 nitrogen and oxygen atoms in total. The Labute approximate surface area is 89.1 Å². The lowest BCUT2D eigenvalue weighted by atomic mass is 10.0. The SMILES string of the molecule is Cc1ccc(C(=O)C2CCC(C)C2)s1. The molecule has 2 atom stereocenters. The summed E-state index contributed by atoms with van der Waals surface area (Å²) < 4.78 is 0. The Bertz CT molecular complexity index is 340. The normalized spacial score (nSPS) is 26.7. The Kier molecular flexibility index (Phi) is 2.73. The number of hydrogen-bond donors (Lipinski definition) is 0. The third-order valence-corrected chi connectivity index (χ3v) is 4.06. The molecule has 2 heteroatoms. The fourth-order valence-corrected chi connectivity index (χ4v) is 3.10. The lowest BCUT2D eigenvalue weighted by Crippen LogP contribution is -2.09. The highest BCUT2D eigenvalue weighted by Crippen LogP contribution is 2.33. The Morgan fingerprint density at radius 2 is 2.21 bits per heavy atom. The van der Waals surface area contributed by atoms with Crippen molar-refractivity contribution in [2.75, 3.05) is 0 Å². The molecule has 2 unspecified atom stereocenters. The number of rotatable bonds is 2. The molecule has 0 amide bonds. The minimum atomic E-state index is 0.308. The van der Waals surface area contributed by atoms with E-state index in [0.29, 0.717) is 11.7 Å². The van der Waals surface area contributed by atoms with Crippen LogP contribution in [0.2, 0.25) is 0 Å². The Balaban J connectivity index is 2.09. The molecular formula is C12H16OS. The van der Waals surface area contributed by atoms with Crippen LogP contribution in [0.15, 0.2) is 12.1 Å². The van der Waals surface area contributed by atoms with Crippen LogP contribution in [0.3, 0.4) is 0 Å². The second-order valence-electron chi connectivity index (χ2n) is 4.39. The molecule has 1 aromatic rings. The van der Waals surface area contributed by atoms with Gasteiger partial charge in [0, 0.05) is 10.8 Å². The number of hydrogen-bond acceptors (Lipinski definition) is 2. The first-order valence-electron chi connectivity index (χ1n) is 5.27. The highest BCUT2D eigenvalue weighted by molar-refractivity contribution is 7.14. The molecule has 76 valence electrons. The summed E-state index contributed by atoms with van der Waals surface area (Å²) in [6.07, 6.45) is 3.41. The van der Waals surface area contributed by atoms with Gasteiger partial charge in [-0.3, -0.25) is 4.79 Å². The number of ketones is 1. The zero-order chi connectivity index (χ0) is 10.1. The van der Waals surface area contributed by atoms with Crippen molar-refractivity contribution in [1.82, 2.24) is 0 Å². The summed E-state index contributed by atoms with van der Waals surface area (Å²) in [5, 5.41) is 0. The van der Waals surface area contributed by atoms with E-state index in [2.05, 4.69) is 13.8 Å². The van der Waals surface area contributed by atoms with Crippen molar-refractivity contribution < 1.29 is 4.79 Å². The van der Waals surface area contributed by atoms with Crippen LogP contribution in [-0.4, -0.2) is 5.78 Å². The van der Waals surface area contributed by atoms with Gasteiger partial charge in [0.25, 0.3) is 0 Å². The van der Waals surface area contributed by atoms with Crippen molar-refractivity contribution in [2.45, 2.75) is 33.1 Å². The molecule has 2 rings (SSSR count). The summed E-state index contributed by atoms with van der Waals surface area (Å²) in [6, 6.07) is 4.02. The number of thiophene rings is 1. The van der Waals surface area contributed by atoms with Crippen molar-refractivity contribution in [3.63, 3.8) is 0 Å². The first-order chi connectivity index (χ1) is 6.66. The van der Waals surface area contributed by atoms with Gasteiger partial charge < -0.3 is 0 Å². The van der Waals surface area contributed by atoms with Crippen LogP contribution in [0.4, 0.5) is 0 Å². The standard InChI is InChI=1S/C12H16OS/c1-8-3-5-10(7-8)12(13)11-6-4-9(2)14-11/h4,6,8,10H,3,5,7H2,1-2H3. The zero-order valence-corrected chi connectivity index (χ0v) is 9.56. The largest absolute Gasteiger partial charge is 0.293 e. The predicted molar refractivity (Wildman–Crippen MR) is 59.9 cm³/mol. The van der Waals surface area contributed by atoms with E-state index in [1.807, 2.05) is 12.1 Å². The van der Waals surface area contributed by atoms with Crippen LogP contribution in [0, 0.1) is 18.8 Å². The molecule has 0 radical (unpaired) electrons. The van der Waals surface area contributed by atoms with Gasteiger partial charge in [-0.1, -0.05) is 6.92 Å². The maximum absolute atomic E-state index is 12.0. The van der Waals surface area contributed by atoms with Crippen molar-refractivity contribution in [3.8, 4) is 0 Å². The molecule has 0 spiro atoms. The van der Waals surface area contributed by atoms with E-state index in [9.17, 15) is 4.79 Å². The lowest BCUT2D eigenvalue weighted by Gasteiger charge is -2.05. The smallest absolute Gasteiger partial charge is 0.175 e. The average Bonchev–Trinajstić information content (AvgIpc) is 2.73. The number of carbonyl (C=O) groups excluding carboxylic acids is 1. The van der Waals surface area contributed by atoms with E-state index < -0.39 is 0 Å². The van der Waals surface area contributed by atoms with Crippen molar-refractivity contribution in [3.05, 3.63) is 21.9 Å². The Morgan fingerprint density at radius 1 is 1.43 bits per heavy atom. The van der Waals surface area contributed by atoms with Gasteiger partial charge in [0.2, 0.25) is 0 Å². The van der Waals surface area contributed by atoms with E-state index in [1.54, 1.807) is 11.3 Å². The molecule has 1 saturated carbocycles. The molecule has 0 bridgehead atoms. The highest BCUT2D eigenvalue weighted by atomic mass is 32.1. The first kappa shape index (κ1) is 9.91. The predicted octanol–water partition coefficient (Wildman–Crippen LogP) is 3.68. The van der Waals surface area contributed by atoms with Gasteiger partial charge in [-0.2, -0.15) is 0 Å². The second kappa shape index (κ2) is 3.85. The molecule has 0 aromatic carbocycles. The van der Waals surface area contributed by atoms with Crippen LogP contribution in [0.25, 0.3) is 0 Å². The summed E-state index contributed by atoms with van der Waals surface area (Å²) in [5.74, 6) is 1.43. The van der Waals surface area contributed by atoms with Gasteiger partial charge in [0.05, 0.1) is 4.88 Å². The molecule has 1 aliphatic rings. The van der Waals surface area contributed by atoms with Crippen LogP contribution in [0.5, 0.6) is 0 Å². The van der Waals surface area contributed by atoms with Gasteiger partial charge in [-0.25, -0.2) is 0 Å². The van der Waals surface area contributed by atoms with E-state index in [0.717, 1.165) is 23.6 Å². The van der Waals surface area contributed by atoms with E-state index >= 15 is 0 Å². The maximum Gasteiger partial charge on any atom is 0.175 e. The fraction of sp³-hybridized carbons (Fsp3) is 0.583. The minimum Gasteiger partial charge on any atom is -0.293 e. The lowest BCUT2D eigenvalue weighted by molar-refractivity contribution is 0.0924. The van der Waals surface area contributed by atoms with Crippen molar-refractivity contribution in [1.29, 1.82) is 0 Å². The van der Waals surface area contributed by atoms with Crippen molar-refractivity contribution in [2.24, 2.45) is 11.8 Å². The molecular weight excluding hydrogens is 192 g/mol. The average molecular weight is 208 g/mol. The van der Waals surface area contributed by atoms with Gasteiger partial charge in [0.1, 0.15) is 0 Å². The van der Waals surface area contributed by atoms with E-state index in [1.165, 1.54) is 11.3 Å². The number of carbonyl (C=O) groups is 1. The summed E-state index contributed by atoms with van der Waals surface area (Å²) in [6.45, 7) is 4.30. The molecule has 1 heterocycles. The van der Waals surface area contributed by atoms with E-state index in [-0.39, 0.29) is 0 Å². The minimum absolute atomic E-state index is 0.308. The van der Waals surface area contributed by atoms with E-state index in [4.69, 9.17) is 0 Å². The molecule has 0 aliphatic heterocycles. The van der Waals surface area contributed by atoms with Gasteiger partial charge in [-0.15, -0.1) is 11.3 Å². The Morgan fingerprint density at radius 3 is 2.71 bits per heavy atom. The highest BCUT2D eigenvalue weighted by Gasteiger charge is 2.28. The molecule has 1 aromatic heterocycles. The van der Waals surface area contributed by atoms with Gasteiger partial charge in [0.15, 0.2) is 5.78 Å². The third kappa shape index (κ3) is 1.90. The maximum atomic E-state index is 12.0. The van der Waals surface area contributed by atoms with Gasteiger partial charge >= 0.3 is 0 Å². The number of Topliss-reactive ketones (excluding diaryl/α,β-unsaturated/α-hetero) is 1. The van der Waals surface area contributed by atoms with Crippen LogP contribution >= 0.6 is 11.3 Å². The summed E-state index contributed by atoms with van der Waals surface area (Å²) in [7, 11) is 0. The molecule has 1 fully saturated rings. The topological polar surface area (TPSA) is 17.1 Å². The third-order valence-electron chi connectivity index (χ3n) is 3.05. The van der Waals surface area contributed by atoms with Crippen molar-refractivity contribution >= 4 is 17.1 Å². The summed E-state index contributed by atoms with van der Waals surface area (Å²) in [4.78, 5) is 14.2.